The van der Waals surface area contributed by atoms with Crippen molar-refractivity contribution in [2.75, 3.05) is 11.9 Å². The fourth-order valence-corrected chi connectivity index (χ4v) is 2.11. The van der Waals surface area contributed by atoms with E-state index in [0.29, 0.717) is 4.47 Å². The summed E-state index contributed by atoms with van der Waals surface area (Å²) in [5.74, 6) is 0. The molecule has 0 fully saturated rings. The van der Waals surface area contributed by atoms with Crippen molar-refractivity contribution < 1.29 is 0 Å². The van der Waals surface area contributed by atoms with Gasteiger partial charge in [0.25, 0.3) is 5.56 Å². The van der Waals surface area contributed by atoms with Crippen LogP contribution in [0.1, 0.15) is 12.8 Å². The Balaban J connectivity index is 1.77. The van der Waals surface area contributed by atoms with Crippen LogP contribution in [0.4, 0.5) is 5.69 Å². The lowest BCUT2D eigenvalue weighted by molar-refractivity contribution is 0.619. The van der Waals surface area contributed by atoms with Gasteiger partial charge in [0.15, 0.2) is 0 Å². The lowest BCUT2D eigenvalue weighted by Crippen LogP contribution is -2.21. The molecular weight excluding hydrogens is 312 g/mol. The van der Waals surface area contributed by atoms with E-state index in [2.05, 4.69) is 36.5 Å². The van der Waals surface area contributed by atoms with Crippen molar-refractivity contribution in [3.05, 3.63) is 33.7 Å². The van der Waals surface area contributed by atoms with Gasteiger partial charge in [-0.15, -0.1) is 10.2 Å². The molecule has 7 nitrogen and oxygen atoms in total. The highest BCUT2D eigenvalue weighted by Crippen LogP contribution is 2.15. The maximum Gasteiger partial charge on any atom is 0.282 e. The SMILES string of the molecule is Cn1ncc(NCCCCn2cnnc2)c(Br)c1=O. The standard InChI is InChI=1S/C11H15BrN6O/c1-17-11(19)10(12)9(6-16-17)13-4-2-3-5-18-7-14-15-8-18/h6-8,13H,2-5H2,1H3. The fraction of sp³-hybridized carbons (Fsp3) is 0.455. The van der Waals surface area contributed by atoms with Gasteiger partial charge in [-0.05, 0) is 28.8 Å². The van der Waals surface area contributed by atoms with Gasteiger partial charge in [-0.3, -0.25) is 4.79 Å². The largest absolute Gasteiger partial charge is 0.383 e. The summed E-state index contributed by atoms with van der Waals surface area (Å²) in [7, 11) is 1.62. The van der Waals surface area contributed by atoms with E-state index in [0.717, 1.165) is 31.6 Å². The molecule has 19 heavy (non-hydrogen) atoms. The molecule has 0 aliphatic rings. The van der Waals surface area contributed by atoms with E-state index >= 15 is 0 Å². The average Bonchev–Trinajstić information content (AvgIpc) is 2.91. The zero-order valence-electron chi connectivity index (χ0n) is 10.6. The van der Waals surface area contributed by atoms with E-state index in [1.807, 2.05) is 4.57 Å². The van der Waals surface area contributed by atoms with Gasteiger partial charge >= 0.3 is 0 Å². The lowest BCUT2D eigenvalue weighted by Gasteiger charge is -2.08. The van der Waals surface area contributed by atoms with E-state index < -0.39 is 0 Å². The fourth-order valence-electron chi connectivity index (χ4n) is 1.61. The number of nitrogens with one attached hydrogen (secondary N) is 1. The van der Waals surface area contributed by atoms with Gasteiger partial charge < -0.3 is 9.88 Å². The number of rotatable bonds is 6. The van der Waals surface area contributed by atoms with Gasteiger partial charge in [-0.25, -0.2) is 4.68 Å². The number of halogens is 1. The first kappa shape index (κ1) is 13.7. The smallest absolute Gasteiger partial charge is 0.282 e. The molecule has 102 valence electrons. The van der Waals surface area contributed by atoms with Crippen LogP contribution in [0.3, 0.4) is 0 Å². The van der Waals surface area contributed by atoms with Gasteiger partial charge in [0.2, 0.25) is 0 Å². The summed E-state index contributed by atoms with van der Waals surface area (Å²) in [6.07, 6.45) is 7.05. The van der Waals surface area contributed by atoms with Crippen molar-refractivity contribution in [3.63, 3.8) is 0 Å². The van der Waals surface area contributed by atoms with Crippen LogP contribution in [0.2, 0.25) is 0 Å². The number of hydrogen-bond donors (Lipinski definition) is 1. The number of hydrogen-bond acceptors (Lipinski definition) is 5. The quantitative estimate of drug-likeness (QED) is 0.802. The van der Waals surface area contributed by atoms with Crippen molar-refractivity contribution >= 4 is 21.6 Å². The molecule has 2 aromatic heterocycles. The number of nitrogens with zero attached hydrogens (tertiary/aromatic N) is 5. The normalized spacial score (nSPS) is 10.6. The molecule has 0 amide bonds. The lowest BCUT2D eigenvalue weighted by atomic mass is 10.3. The third kappa shape index (κ3) is 3.63. The van der Waals surface area contributed by atoms with Crippen molar-refractivity contribution in [1.82, 2.24) is 24.5 Å². The Bertz CT molecular complexity index is 579. The molecule has 0 bridgehead atoms. The third-order valence-corrected chi connectivity index (χ3v) is 3.47. The third-order valence-electron chi connectivity index (χ3n) is 2.70. The molecule has 0 spiro atoms. The van der Waals surface area contributed by atoms with E-state index in [1.54, 1.807) is 25.9 Å². The molecule has 8 heteroatoms. The summed E-state index contributed by atoms with van der Waals surface area (Å²) in [4.78, 5) is 11.6. The summed E-state index contributed by atoms with van der Waals surface area (Å²) in [6, 6.07) is 0. The van der Waals surface area contributed by atoms with E-state index in [4.69, 9.17) is 0 Å². The first-order valence-corrected chi connectivity index (χ1v) is 6.76. The van der Waals surface area contributed by atoms with E-state index in [-0.39, 0.29) is 5.56 Å². The van der Waals surface area contributed by atoms with Crippen LogP contribution in [0, 0.1) is 0 Å². The maximum absolute atomic E-state index is 11.6. The Morgan fingerprint density at radius 3 is 2.79 bits per heavy atom. The molecule has 0 radical (unpaired) electrons. The summed E-state index contributed by atoms with van der Waals surface area (Å²) >= 11 is 3.28. The van der Waals surface area contributed by atoms with Crippen LogP contribution in [-0.2, 0) is 13.6 Å². The zero-order valence-corrected chi connectivity index (χ0v) is 12.2. The Morgan fingerprint density at radius 2 is 2.05 bits per heavy atom. The minimum absolute atomic E-state index is 0.144. The molecule has 0 saturated heterocycles. The van der Waals surface area contributed by atoms with Crippen LogP contribution in [0.5, 0.6) is 0 Å². The van der Waals surface area contributed by atoms with Crippen LogP contribution in [-0.4, -0.2) is 31.1 Å². The Hall–Kier alpha value is -1.70. The highest BCUT2D eigenvalue weighted by atomic mass is 79.9. The molecule has 2 aromatic rings. The van der Waals surface area contributed by atoms with Crippen LogP contribution >= 0.6 is 15.9 Å². The Labute approximate surface area is 118 Å². The molecule has 0 atom stereocenters. The summed E-state index contributed by atoms with van der Waals surface area (Å²) in [5, 5.41) is 14.7. The Kier molecular flexibility index (Phi) is 4.67. The molecule has 1 N–H and O–H groups in total. The predicted molar refractivity (Wildman–Crippen MR) is 74.9 cm³/mol. The Morgan fingerprint density at radius 1 is 1.32 bits per heavy atom. The summed E-state index contributed by atoms with van der Waals surface area (Å²) < 4.78 is 3.75. The molecule has 2 heterocycles. The molecule has 0 aromatic carbocycles. The van der Waals surface area contributed by atoms with Crippen molar-refractivity contribution in [2.24, 2.45) is 7.05 Å². The zero-order chi connectivity index (χ0) is 13.7. The van der Waals surface area contributed by atoms with Gasteiger partial charge in [0.05, 0.1) is 11.9 Å². The van der Waals surface area contributed by atoms with Crippen LogP contribution in [0.25, 0.3) is 0 Å². The summed E-state index contributed by atoms with van der Waals surface area (Å²) in [6.45, 7) is 1.68. The second-order valence-corrected chi connectivity index (χ2v) is 4.93. The second kappa shape index (κ2) is 6.46. The molecule has 2 rings (SSSR count). The maximum atomic E-state index is 11.6. The predicted octanol–water partition coefficient (Wildman–Crippen LogP) is 1.03. The first-order valence-electron chi connectivity index (χ1n) is 5.96. The number of aryl methyl sites for hydroxylation is 2. The van der Waals surface area contributed by atoms with Crippen LogP contribution < -0.4 is 10.9 Å². The molecule has 0 unspecified atom stereocenters. The number of unbranched alkanes of at least 4 members (excludes halogenated alkanes) is 1. The highest BCUT2D eigenvalue weighted by molar-refractivity contribution is 9.10. The molecule has 0 saturated carbocycles. The van der Waals surface area contributed by atoms with Gasteiger partial charge in [-0.2, -0.15) is 5.10 Å². The minimum Gasteiger partial charge on any atom is -0.383 e. The summed E-state index contributed by atoms with van der Waals surface area (Å²) in [5.41, 5.74) is 0.585. The monoisotopic (exact) mass is 326 g/mol. The van der Waals surface area contributed by atoms with Crippen molar-refractivity contribution in [2.45, 2.75) is 19.4 Å². The number of aromatic nitrogens is 5. The second-order valence-electron chi connectivity index (χ2n) is 4.13. The van der Waals surface area contributed by atoms with Crippen molar-refractivity contribution in [1.29, 1.82) is 0 Å². The first-order chi connectivity index (χ1) is 9.18. The van der Waals surface area contributed by atoms with Gasteiger partial charge in [0, 0.05) is 20.1 Å². The molecular formula is C11H15BrN6O. The van der Waals surface area contributed by atoms with E-state index in [1.165, 1.54) is 4.68 Å². The number of anilines is 1. The van der Waals surface area contributed by atoms with Crippen molar-refractivity contribution in [3.8, 4) is 0 Å². The van der Waals surface area contributed by atoms with Gasteiger partial charge in [0.1, 0.15) is 17.1 Å². The molecule has 0 aliphatic heterocycles. The highest BCUT2D eigenvalue weighted by Gasteiger charge is 2.05. The minimum atomic E-state index is -0.144. The van der Waals surface area contributed by atoms with Crippen LogP contribution in [0.15, 0.2) is 28.1 Å². The van der Waals surface area contributed by atoms with E-state index in [9.17, 15) is 4.79 Å². The topological polar surface area (TPSA) is 77.6 Å². The molecule has 0 aliphatic carbocycles. The average molecular weight is 327 g/mol. The van der Waals surface area contributed by atoms with Gasteiger partial charge in [-0.1, -0.05) is 0 Å².